The highest BCUT2D eigenvalue weighted by Crippen LogP contribution is 2.22. The molecule has 6 heteroatoms. The standard InChI is InChI=1S/C24H21N3O3/c1-2-22(28)16-9-13-19(14-10-16)30-15-23(29)25-18-11-7-17(8-12-18)24-26-20-5-3-4-6-21(20)27-24/h3-14H,2,15H2,1H3,(H,25,29)(H,26,27). The summed E-state index contributed by atoms with van der Waals surface area (Å²) in [5.74, 6) is 1.13. The molecule has 30 heavy (non-hydrogen) atoms. The van der Waals surface area contributed by atoms with Crippen LogP contribution in [0.25, 0.3) is 22.4 Å². The maximum absolute atomic E-state index is 12.2. The van der Waals surface area contributed by atoms with Crippen molar-refractivity contribution in [3.05, 3.63) is 78.4 Å². The zero-order valence-corrected chi connectivity index (χ0v) is 16.5. The van der Waals surface area contributed by atoms with E-state index in [4.69, 9.17) is 4.74 Å². The number of ether oxygens (including phenoxy) is 1. The molecule has 0 bridgehead atoms. The van der Waals surface area contributed by atoms with E-state index in [2.05, 4.69) is 15.3 Å². The number of hydrogen-bond donors (Lipinski definition) is 2. The largest absolute Gasteiger partial charge is 0.484 e. The van der Waals surface area contributed by atoms with Gasteiger partial charge in [0.15, 0.2) is 12.4 Å². The number of hydrogen-bond acceptors (Lipinski definition) is 4. The van der Waals surface area contributed by atoms with E-state index in [0.29, 0.717) is 23.4 Å². The Hall–Kier alpha value is -3.93. The molecule has 1 heterocycles. The number of imidazole rings is 1. The number of nitrogens with zero attached hydrogens (tertiary/aromatic N) is 1. The van der Waals surface area contributed by atoms with Crippen LogP contribution in [0.5, 0.6) is 5.75 Å². The fraction of sp³-hybridized carbons (Fsp3) is 0.125. The SMILES string of the molecule is CCC(=O)c1ccc(OCC(=O)Nc2ccc(-c3nc4ccccc4[nH]3)cc2)cc1. The number of para-hydroxylation sites is 2. The van der Waals surface area contributed by atoms with E-state index in [1.807, 2.05) is 55.5 Å². The Kier molecular flexibility index (Phi) is 5.57. The molecular weight excluding hydrogens is 378 g/mol. The average Bonchev–Trinajstić information content (AvgIpc) is 3.22. The summed E-state index contributed by atoms with van der Waals surface area (Å²) >= 11 is 0. The molecule has 6 nitrogen and oxygen atoms in total. The molecule has 150 valence electrons. The van der Waals surface area contributed by atoms with Gasteiger partial charge in [0.1, 0.15) is 11.6 Å². The van der Waals surface area contributed by atoms with Crippen molar-refractivity contribution in [3.8, 4) is 17.1 Å². The molecule has 0 unspecified atom stereocenters. The third kappa shape index (κ3) is 4.38. The molecule has 0 aliphatic rings. The van der Waals surface area contributed by atoms with Crippen LogP contribution >= 0.6 is 0 Å². The first kappa shape index (κ1) is 19.4. The van der Waals surface area contributed by atoms with Gasteiger partial charge in [-0.1, -0.05) is 19.1 Å². The van der Waals surface area contributed by atoms with Crippen molar-refractivity contribution in [2.45, 2.75) is 13.3 Å². The number of aromatic nitrogens is 2. The summed E-state index contributed by atoms with van der Waals surface area (Å²) in [7, 11) is 0. The van der Waals surface area contributed by atoms with E-state index in [1.165, 1.54) is 0 Å². The van der Waals surface area contributed by atoms with Gasteiger partial charge in [-0.05, 0) is 60.7 Å². The van der Waals surface area contributed by atoms with Crippen LogP contribution in [0.4, 0.5) is 5.69 Å². The second kappa shape index (κ2) is 8.61. The van der Waals surface area contributed by atoms with Crippen LogP contribution in [0.3, 0.4) is 0 Å². The van der Waals surface area contributed by atoms with Gasteiger partial charge < -0.3 is 15.0 Å². The summed E-state index contributed by atoms with van der Waals surface area (Å²) < 4.78 is 5.50. The minimum atomic E-state index is -0.264. The second-order valence-corrected chi connectivity index (χ2v) is 6.82. The quantitative estimate of drug-likeness (QED) is 0.436. The predicted octanol–water partition coefficient (Wildman–Crippen LogP) is 4.84. The number of H-pyrrole nitrogens is 1. The molecule has 0 saturated carbocycles. The summed E-state index contributed by atoms with van der Waals surface area (Å²) in [5.41, 5.74) is 4.14. The molecule has 0 spiro atoms. The van der Waals surface area contributed by atoms with Gasteiger partial charge in [-0.3, -0.25) is 9.59 Å². The van der Waals surface area contributed by atoms with Gasteiger partial charge in [0.05, 0.1) is 11.0 Å². The van der Waals surface area contributed by atoms with E-state index in [1.54, 1.807) is 24.3 Å². The number of carbonyl (C=O) groups excluding carboxylic acids is 2. The number of carbonyl (C=O) groups is 2. The van der Waals surface area contributed by atoms with Crippen LogP contribution in [0.15, 0.2) is 72.8 Å². The third-order valence-corrected chi connectivity index (χ3v) is 4.70. The fourth-order valence-electron chi connectivity index (χ4n) is 3.09. The van der Waals surface area contributed by atoms with Crippen molar-refractivity contribution in [1.82, 2.24) is 9.97 Å². The summed E-state index contributed by atoms with van der Waals surface area (Å²) in [6, 6.07) is 22.1. The van der Waals surface area contributed by atoms with Crippen LogP contribution in [-0.2, 0) is 4.79 Å². The maximum Gasteiger partial charge on any atom is 0.262 e. The normalized spacial score (nSPS) is 10.7. The van der Waals surface area contributed by atoms with Crippen molar-refractivity contribution >= 4 is 28.4 Å². The number of anilines is 1. The van der Waals surface area contributed by atoms with Crippen LogP contribution in [0.1, 0.15) is 23.7 Å². The highest BCUT2D eigenvalue weighted by molar-refractivity contribution is 5.96. The highest BCUT2D eigenvalue weighted by Gasteiger charge is 2.08. The number of amides is 1. The van der Waals surface area contributed by atoms with E-state index in [0.717, 1.165) is 22.4 Å². The zero-order valence-electron chi connectivity index (χ0n) is 16.5. The van der Waals surface area contributed by atoms with Gasteiger partial charge in [0.2, 0.25) is 0 Å². The van der Waals surface area contributed by atoms with Crippen LogP contribution in [-0.4, -0.2) is 28.3 Å². The third-order valence-electron chi connectivity index (χ3n) is 4.70. The first-order valence-electron chi connectivity index (χ1n) is 9.73. The topological polar surface area (TPSA) is 84.1 Å². The monoisotopic (exact) mass is 399 g/mol. The molecule has 2 N–H and O–H groups in total. The molecule has 0 aliphatic carbocycles. The molecular formula is C24H21N3O3. The van der Waals surface area contributed by atoms with Gasteiger partial charge in [-0.2, -0.15) is 0 Å². The van der Waals surface area contributed by atoms with E-state index in [9.17, 15) is 9.59 Å². The van der Waals surface area contributed by atoms with Gasteiger partial charge >= 0.3 is 0 Å². The Morgan fingerprint density at radius 2 is 1.70 bits per heavy atom. The number of benzene rings is 3. The molecule has 1 amide bonds. The number of aromatic amines is 1. The van der Waals surface area contributed by atoms with Crippen molar-refractivity contribution < 1.29 is 14.3 Å². The Morgan fingerprint density at radius 3 is 2.40 bits per heavy atom. The minimum Gasteiger partial charge on any atom is -0.484 e. The van der Waals surface area contributed by atoms with E-state index < -0.39 is 0 Å². The van der Waals surface area contributed by atoms with Gasteiger partial charge in [-0.25, -0.2) is 4.98 Å². The second-order valence-electron chi connectivity index (χ2n) is 6.82. The fourth-order valence-corrected chi connectivity index (χ4v) is 3.09. The van der Waals surface area contributed by atoms with E-state index in [-0.39, 0.29) is 18.3 Å². The lowest BCUT2D eigenvalue weighted by molar-refractivity contribution is -0.118. The lowest BCUT2D eigenvalue weighted by Crippen LogP contribution is -2.20. The number of nitrogens with one attached hydrogen (secondary N) is 2. The van der Waals surface area contributed by atoms with Crippen LogP contribution < -0.4 is 10.1 Å². The average molecular weight is 399 g/mol. The summed E-state index contributed by atoms with van der Waals surface area (Å²) in [6.07, 6.45) is 0.456. The first-order chi connectivity index (χ1) is 14.6. The van der Waals surface area contributed by atoms with Crippen molar-refractivity contribution in [1.29, 1.82) is 0 Å². The number of rotatable bonds is 7. The van der Waals surface area contributed by atoms with Gasteiger partial charge in [0, 0.05) is 23.2 Å². The predicted molar refractivity (Wildman–Crippen MR) is 117 cm³/mol. The molecule has 3 aromatic carbocycles. The Labute approximate surface area is 173 Å². The smallest absolute Gasteiger partial charge is 0.262 e. The summed E-state index contributed by atoms with van der Waals surface area (Å²) in [5, 5.41) is 2.81. The van der Waals surface area contributed by atoms with Crippen molar-refractivity contribution in [2.24, 2.45) is 0 Å². The van der Waals surface area contributed by atoms with E-state index >= 15 is 0 Å². The summed E-state index contributed by atoms with van der Waals surface area (Å²) in [4.78, 5) is 31.7. The van der Waals surface area contributed by atoms with Gasteiger partial charge in [-0.15, -0.1) is 0 Å². The maximum atomic E-state index is 12.2. The molecule has 4 rings (SSSR count). The number of ketones is 1. The first-order valence-corrected chi connectivity index (χ1v) is 9.73. The Bertz CT molecular complexity index is 1150. The Balaban J connectivity index is 1.34. The van der Waals surface area contributed by atoms with Crippen molar-refractivity contribution in [3.63, 3.8) is 0 Å². The van der Waals surface area contributed by atoms with Gasteiger partial charge in [0.25, 0.3) is 5.91 Å². The number of Topliss-reactive ketones (excluding diaryl/α,β-unsaturated/α-hetero) is 1. The van der Waals surface area contributed by atoms with Crippen molar-refractivity contribution in [2.75, 3.05) is 11.9 Å². The molecule has 0 radical (unpaired) electrons. The molecule has 4 aromatic rings. The molecule has 0 atom stereocenters. The Morgan fingerprint density at radius 1 is 0.967 bits per heavy atom. The highest BCUT2D eigenvalue weighted by atomic mass is 16.5. The summed E-state index contributed by atoms with van der Waals surface area (Å²) in [6.45, 7) is 1.70. The minimum absolute atomic E-state index is 0.0744. The lowest BCUT2D eigenvalue weighted by Gasteiger charge is -2.08. The van der Waals surface area contributed by atoms with Crippen LogP contribution in [0.2, 0.25) is 0 Å². The molecule has 0 saturated heterocycles. The zero-order chi connectivity index (χ0) is 20.9. The molecule has 1 aromatic heterocycles. The number of fused-ring (bicyclic) bond motifs is 1. The molecule has 0 aliphatic heterocycles. The van der Waals surface area contributed by atoms with Crippen LogP contribution in [0, 0.1) is 0 Å². The molecule has 0 fully saturated rings. The lowest BCUT2D eigenvalue weighted by atomic mass is 10.1.